The number of nitrogens with two attached hydrogens (primary N) is 1. The average Bonchev–Trinajstić information content (AvgIpc) is 3.24. The van der Waals surface area contributed by atoms with Gasteiger partial charge in [0.2, 0.25) is 5.91 Å². The van der Waals surface area contributed by atoms with Gasteiger partial charge in [-0.05, 0) is 62.9 Å². The van der Waals surface area contributed by atoms with Gasteiger partial charge >= 0.3 is 6.18 Å². The molecule has 40 heavy (non-hydrogen) atoms. The molecule has 0 spiro atoms. The number of nitrogens with one attached hydrogen (secondary N) is 2. The highest BCUT2D eigenvalue weighted by Gasteiger charge is 2.30. The van der Waals surface area contributed by atoms with Gasteiger partial charge in [0, 0.05) is 30.2 Å². The summed E-state index contributed by atoms with van der Waals surface area (Å²) in [5.74, 6) is 5.46. The number of alkyl halides is 3. The number of primary amides is 1. The lowest BCUT2D eigenvalue weighted by Crippen LogP contribution is -2.42. The number of pyridine rings is 1. The summed E-state index contributed by atoms with van der Waals surface area (Å²) in [5.41, 5.74) is 7.39. The van der Waals surface area contributed by atoms with Crippen LogP contribution in [-0.2, 0) is 16.8 Å². The van der Waals surface area contributed by atoms with Gasteiger partial charge in [-0.3, -0.25) is 14.7 Å². The molecular formula is C29H32F3N7O. The second-order valence-corrected chi connectivity index (χ2v) is 10.5. The fourth-order valence-corrected chi connectivity index (χ4v) is 4.75. The molecule has 8 nitrogen and oxygen atoms in total. The molecule has 4 N–H and O–H groups in total. The number of amides is 1. The number of anilines is 2. The monoisotopic (exact) mass is 551 g/mol. The second kappa shape index (κ2) is 11.9. The molecule has 1 fully saturated rings. The molecule has 11 heteroatoms. The Hall–Kier alpha value is -4.22. The van der Waals surface area contributed by atoms with Crippen LogP contribution in [0.5, 0.6) is 0 Å². The molecule has 2 aromatic heterocycles. The third-order valence-electron chi connectivity index (χ3n) is 6.89. The van der Waals surface area contributed by atoms with Gasteiger partial charge in [0.25, 0.3) is 0 Å². The summed E-state index contributed by atoms with van der Waals surface area (Å²) in [5, 5.41) is 16.5. The maximum absolute atomic E-state index is 13.5. The lowest BCUT2D eigenvalue weighted by atomic mass is 9.91. The van der Waals surface area contributed by atoms with Gasteiger partial charge in [-0.15, -0.1) is 0 Å². The number of benzene rings is 1. The van der Waals surface area contributed by atoms with Gasteiger partial charge in [-0.2, -0.15) is 18.4 Å². The lowest BCUT2D eigenvalue weighted by molar-refractivity contribution is -0.140. The normalized spacial score (nSPS) is 14.8. The lowest BCUT2D eigenvalue weighted by Gasteiger charge is -2.32. The highest BCUT2D eigenvalue weighted by Crippen LogP contribution is 2.31. The third-order valence-corrected chi connectivity index (χ3v) is 6.89. The van der Waals surface area contributed by atoms with Crippen LogP contribution in [0.15, 0.2) is 42.6 Å². The predicted octanol–water partition coefficient (Wildman–Crippen LogP) is 4.22. The number of fused-ring (bicyclic) bond motifs is 1. The van der Waals surface area contributed by atoms with Crippen molar-refractivity contribution in [2.75, 3.05) is 36.8 Å². The van der Waals surface area contributed by atoms with Crippen molar-refractivity contribution < 1.29 is 18.0 Å². The standard InChI is InChI=1S/C29H32F3N7O/c1-28(2,18-33)26-9-8-21(16-36-26)35-12-4-5-22-15-23-24(6-3-7-25(23)39(22)19-29(30,31)32)37-20-10-13-38(14-11-20)17-27(34)40/h3,6-9,15-16,20,35,37H,10-14,17,19H2,1-2H3,(H2,34,40). The minimum atomic E-state index is -4.41. The van der Waals surface area contributed by atoms with E-state index in [0.29, 0.717) is 35.4 Å². The van der Waals surface area contributed by atoms with E-state index in [1.807, 2.05) is 11.0 Å². The van der Waals surface area contributed by atoms with Crippen LogP contribution in [0.25, 0.3) is 10.9 Å². The summed E-state index contributed by atoms with van der Waals surface area (Å²) in [4.78, 5) is 17.5. The second-order valence-electron chi connectivity index (χ2n) is 10.5. The fourth-order valence-electron chi connectivity index (χ4n) is 4.75. The van der Waals surface area contributed by atoms with E-state index >= 15 is 0 Å². The van der Waals surface area contributed by atoms with Gasteiger partial charge in [-0.25, -0.2) is 0 Å². The molecule has 0 bridgehead atoms. The fraction of sp³-hybridized carbons (Fsp3) is 0.414. The first-order valence-corrected chi connectivity index (χ1v) is 13.0. The van der Waals surface area contributed by atoms with Crippen molar-refractivity contribution in [3.05, 3.63) is 54.0 Å². The number of likely N-dealkylation sites (tertiary alicyclic amines) is 1. The third kappa shape index (κ3) is 7.25. The van der Waals surface area contributed by atoms with E-state index in [1.54, 1.807) is 50.4 Å². The Bertz CT molecular complexity index is 1450. The Morgan fingerprint density at radius 2 is 1.95 bits per heavy atom. The molecule has 4 rings (SSSR count). The Labute approximate surface area is 231 Å². The van der Waals surface area contributed by atoms with Crippen molar-refractivity contribution in [1.29, 1.82) is 5.26 Å². The molecule has 0 aliphatic carbocycles. The minimum Gasteiger partial charge on any atom is -0.382 e. The van der Waals surface area contributed by atoms with E-state index in [4.69, 9.17) is 5.73 Å². The molecule has 1 aliphatic rings. The highest BCUT2D eigenvalue weighted by molar-refractivity contribution is 5.94. The summed E-state index contributed by atoms with van der Waals surface area (Å²) in [7, 11) is 0. The molecule has 1 aromatic carbocycles. The van der Waals surface area contributed by atoms with Crippen molar-refractivity contribution >= 4 is 28.2 Å². The van der Waals surface area contributed by atoms with Gasteiger partial charge in [0.05, 0.1) is 53.4 Å². The van der Waals surface area contributed by atoms with Crippen LogP contribution in [0, 0.1) is 23.2 Å². The Balaban J connectivity index is 1.51. The van der Waals surface area contributed by atoms with Crippen LogP contribution in [0.1, 0.15) is 38.1 Å². The zero-order valence-electron chi connectivity index (χ0n) is 22.5. The number of halogens is 3. The average molecular weight is 552 g/mol. The van der Waals surface area contributed by atoms with E-state index in [-0.39, 0.29) is 30.7 Å². The minimum absolute atomic E-state index is 0.123. The Morgan fingerprint density at radius 1 is 1.20 bits per heavy atom. The first kappa shape index (κ1) is 28.8. The van der Waals surface area contributed by atoms with Crippen LogP contribution in [-0.4, -0.2) is 58.8 Å². The Kier molecular flexibility index (Phi) is 8.55. The summed E-state index contributed by atoms with van der Waals surface area (Å²) in [6.45, 7) is 4.26. The van der Waals surface area contributed by atoms with Gasteiger partial charge in [0.1, 0.15) is 6.54 Å². The number of piperidine rings is 1. The van der Waals surface area contributed by atoms with Crippen molar-refractivity contribution in [3.63, 3.8) is 0 Å². The van der Waals surface area contributed by atoms with Crippen LogP contribution < -0.4 is 16.4 Å². The van der Waals surface area contributed by atoms with E-state index < -0.39 is 18.1 Å². The van der Waals surface area contributed by atoms with Crippen LogP contribution in [0.3, 0.4) is 0 Å². The SMILES string of the molecule is CC(C)(C#N)c1ccc(NCC#Cc2cc3c(NC4CCN(CC(N)=O)CC4)cccc3n2CC(F)(F)F)cn1. The topological polar surface area (TPSA) is 112 Å². The number of carbonyl (C=O) groups excluding carboxylic acids is 1. The zero-order chi connectivity index (χ0) is 28.9. The molecule has 210 valence electrons. The van der Waals surface area contributed by atoms with E-state index in [2.05, 4.69) is 33.5 Å². The predicted molar refractivity (Wildman–Crippen MR) is 149 cm³/mol. The summed E-state index contributed by atoms with van der Waals surface area (Å²) in [6, 6.07) is 12.8. The van der Waals surface area contributed by atoms with Crippen molar-refractivity contribution in [1.82, 2.24) is 14.5 Å². The van der Waals surface area contributed by atoms with Crippen molar-refractivity contribution in [2.24, 2.45) is 5.73 Å². The maximum atomic E-state index is 13.5. The summed E-state index contributed by atoms with van der Waals surface area (Å²) < 4.78 is 41.7. The first-order chi connectivity index (χ1) is 18.9. The molecule has 1 amide bonds. The number of carbonyl (C=O) groups is 1. The van der Waals surface area contributed by atoms with E-state index in [1.165, 1.54) is 4.57 Å². The zero-order valence-corrected chi connectivity index (χ0v) is 22.5. The molecule has 1 aliphatic heterocycles. The largest absolute Gasteiger partial charge is 0.406 e. The molecule has 0 unspecified atom stereocenters. The number of nitriles is 1. The number of aromatic nitrogens is 2. The quantitative estimate of drug-likeness (QED) is 0.362. The van der Waals surface area contributed by atoms with Gasteiger partial charge in [-0.1, -0.05) is 12.0 Å². The highest BCUT2D eigenvalue weighted by atomic mass is 19.4. The van der Waals surface area contributed by atoms with Crippen LogP contribution in [0.2, 0.25) is 0 Å². The van der Waals surface area contributed by atoms with Crippen LogP contribution in [0.4, 0.5) is 24.5 Å². The van der Waals surface area contributed by atoms with Crippen molar-refractivity contribution in [3.8, 4) is 17.9 Å². The van der Waals surface area contributed by atoms with E-state index in [9.17, 15) is 23.2 Å². The molecule has 1 saturated heterocycles. The summed E-state index contributed by atoms with van der Waals surface area (Å²) in [6.07, 6.45) is -1.24. The molecular weight excluding hydrogens is 519 g/mol. The molecule has 0 radical (unpaired) electrons. The van der Waals surface area contributed by atoms with Gasteiger partial charge in [0.15, 0.2) is 0 Å². The smallest absolute Gasteiger partial charge is 0.382 e. The molecule has 3 heterocycles. The van der Waals surface area contributed by atoms with E-state index in [0.717, 1.165) is 18.5 Å². The molecule has 3 aromatic rings. The number of rotatable bonds is 8. The van der Waals surface area contributed by atoms with Gasteiger partial charge < -0.3 is 20.9 Å². The number of nitrogens with zero attached hydrogens (tertiary/aromatic N) is 4. The van der Waals surface area contributed by atoms with Crippen LogP contribution >= 0.6 is 0 Å². The summed E-state index contributed by atoms with van der Waals surface area (Å²) >= 11 is 0. The number of hydrogen-bond donors (Lipinski definition) is 3. The maximum Gasteiger partial charge on any atom is 0.406 e. The molecule has 0 saturated carbocycles. The van der Waals surface area contributed by atoms with Crippen molar-refractivity contribution in [2.45, 2.75) is 50.9 Å². The Morgan fingerprint density at radius 3 is 2.58 bits per heavy atom. The number of hydrogen-bond acceptors (Lipinski definition) is 6. The molecule has 0 atom stereocenters. The first-order valence-electron chi connectivity index (χ1n) is 13.0.